The lowest BCUT2D eigenvalue weighted by Crippen LogP contribution is -2.24. The Labute approximate surface area is 115 Å². The average molecular weight is 281 g/mol. The van der Waals surface area contributed by atoms with E-state index in [1.54, 1.807) is 6.21 Å². The van der Waals surface area contributed by atoms with E-state index in [9.17, 15) is 0 Å². The number of aromatic nitrogens is 1. The molecule has 4 nitrogen and oxygen atoms in total. The van der Waals surface area contributed by atoms with Gasteiger partial charge in [0.1, 0.15) is 5.15 Å². The number of thiocarbonyl (C=S) groups is 1. The van der Waals surface area contributed by atoms with Gasteiger partial charge in [0.15, 0.2) is 5.11 Å². The summed E-state index contributed by atoms with van der Waals surface area (Å²) in [6.45, 7) is 2.85. The molecule has 1 aromatic carbocycles. The molecule has 0 saturated heterocycles. The molecular weight excluding hydrogens is 268 g/mol. The SMILES string of the molecule is CCn1c(Cl)c(C=NNC(N)=S)c2ccccc21. The first-order chi connectivity index (χ1) is 8.65. The van der Waals surface area contributed by atoms with E-state index in [1.165, 1.54) is 0 Å². The van der Waals surface area contributed by atoms with Crippen LogP contribution in [0.1, 0.15) is 12.5 Å². The van der Waals surface area contributed by atoms with Crippen molar-refractivity contribution < 1.29 is 0 Å². The van der Waals surface area contributed by atoms with Gasteiger partial charge in [-0.15, -0.1) is 0 Å². The van der Waals surface area contributed by atoms with Crippen molar-refractivity contribution in [1.29, 1.82) is 0 Å². The average Bonchev–Trinajstić information content (AvgIpc) is 2.62. The normalized spacial score (nSPS) is 11.2. The second-order valence-corrected chi connectivity index (χ2v) is 4.50. The highest BCUT2D eigenvalue weighted by Crippen LogP contribution is 2.28. The molecule has 0 aliphatic heterocycles. The van der Waals surface area contributed by atoms with Crippen LogP contribution < -0.4 is 11.2 Å². The number of hydrazone groups is 1. The molecule has 0 aliphatic rings. The van der Waals surface area contributed by atoms with Crippen LogP contribution in [0.2, 0.25) is 5.15 Å². The van der Waals surface area contributed by atoms with Crippen LogP contribution in [-0.4, -0.2) is 15.9 Å². The summed E-state index contributed by atoms with van der Waals surface area (Å²) in [5.41, 5.74) is 9.78. The molecule has 0 bridgehead atoms. The summed E-state index contributed by atoms with van der Waals surface area (Å²) < 4.78 is 2.03. The van der Waals surface area contributed by atoms with Crippen LogP contribution in [0, 0.1) is 0 Å². The van der Waals surface area contributed by atoms with Crippen LogP contribution in [0.25, 0.3) is 10.9 Å². The molecule has 0 fully saturated rings. The van der Waals surface area contributed by atoms with Gasteiger partial charge in [0.25, 0.3) is 0 Å². The lowest BCUT2D eigenvalue weighted by Gasteiger charge is -2.01. The molecule has 0 radical (unpaired) electrons. The van der Waals surface area contributed by atoms with Crippen molar-refractivity contribution in [1.82, 2.24) is 9.99 Å². The number of nitrogens with one attached hydrogen (secondary N) is 1. The van der Waals surface area contributed by atoms with Crippen molar-refractivity contribution in [2.45, 2.75) is 13.5 Å². The first kappa shape index (κ1) is 12.9. The Morgan fingerprint density at radius 3 is 2.94 bits per heavy atom. The van der Waals surface area contributed by atoms with E-state index >= 15 is 0 Å². The zero-order chi connectivity index (χ0) is 13.1. The maximum absolute atomic E-state index is 6.35. The van der Waals surface area contributed by atoms with Gasteiger partial charge in [-0.25, -0.2) is 0 Å². The minimum atomic E-state index is 0.126. The van der Waals surface area contributed by atoms with E-state index in [0.29, 0.717) is 5.15 Å². The smallest absolute Gasteiger partial charge is 0.184 e. The molecule has 0 unspecified atom stereocenters. The van der Waals surface area contributed by atoms with Crippen molar-refractivity contribution in [3.63, 3.8) is 0 Å². The van der Waals surface area contributed by atoms with Gasteiger partial charge in [-0.1, -0.05) is 29.8 Å². The Bertz CT molecular complexity index is 618. The van der Waals surface area contributed by atoms with Crippen molar-refractivity contribution >= 4 is 46.0 Å². The number of halogens is 1. The molecule has 0 atom stereocenters. The predicted octanol–water partition coefficient (Wildman–Crippen LogP) is 2.48. The molecule has 0 aliphatic carbocycles. The number of benzene rings is 1. The van der Waals surface area contributed by atoms with Gasteiger partial charge in [-0.3, -0.25) is 5.43 Å². The fourth-order valence-corrected chi connectivity index (χ4v) is 2.31. The third kappa shape index (κ3) is 2.32. The van der Waals surface area contributed by atoms with Gasteiger partial charge in [0.2, 0.25) is 0 Å². The first-order valence-electron chi connectivity index (χ1n) is 5.50. The van der Waals surface area contributed by atoms with E-state index in [1.807, 2.05) is 35.8 Å². The Hall–Kier alpha value is -1.59. The first-order valence-corrected chi connectivity index (χ1v) is 6.29. The van der Waals surface area contributed by atoms with Crippen LogP contribution in [0.4, 0.5) is 0 Å². The van der Waals surface area contributed by atoms with Crippen LogP contribution in [0.5, 0.6) is 0 Å². The van der Waals surface area contributed by atoms with Gasteiger partial charge in [0.05, 0.1) is 6.21 Å². The van der Waals surface area contributed by atoms with Crippen molar-refractivity contribution in [2.24, 2.45) is 10.8 Å². The van der Waals surface area contributed by atoms with Gasteiger partial charge in [0, 0.05) is 23.0 Å². The molecule has 0 amide bonds. The third-order valence-electron chi connectivity index (χ3n) is 2.63. The summed E-state index contributed by atoms with van der Waals surface area (Å²) in [7, 11) is 0. The van der Waals surface area contributed by atoms with Gasteiger partial charge < -0.3 is 10.3 Å². The van der Waals surface area contributed by atoms with Crippen LogP contribution in [0.3, 0.4) is 0 Å². The number of nitrogens with zero attached hydrogens (tertiary/aromatic N) is 2. The molecule has 0 saturated carbocycles. The molecular formula is C12H13ClN4S. The maximum Gasteiger partial charge on any atom is 0.184 e. The standard InChI is InChI=1S/C12H13ClN4S/c1-2-17-10-6-4-3-5-8(10)9(11(17)13)7-15-16-12(14)18/h3-7H,2H2,1H3,(H3,14,16,18). The Morgan fingerprint density at radius 2 is 2.28 bits per heavy atom. The summed E-state index contributed by atoms with van der Waals surface area (Å²) in [6.07, 6.45) is 1.63. The van der Waals surface area contributed by atoms with E-state index in [0.717, 1.165) is 23.0 Å². The van der Waals surface area contributed by atoms with Crippen molar-refractivity contribution in [3.8, 4) is 0 Å². The summed E-state index contributed by atoms with van der Waals surface area (Å²) in [6, 6.07) is 7.99. The monoisotopic (exact) mass is 280 g/mol. The van der Waals surface area contributed by atoms with Crippen molar-refractivity contribution in [3.05, 3.63) is 35.0 Å². The van der Waals surface area contributed by atoms with Crippen LogP contribution in [0.15, 0.2) is 29.4 Å². The Kier molecular flexibility index (Phi) is 3.84. The molecule has 6 heteroatoms. The fraction of sp³-hybridized carbons (Fsp3) is 0.167. The topological polar surface area (TPSA) is 55.3 Å². The zero-order valence-electron chi connectivity index (χ0n) is 9.85. The number of hydrogen-bond donors (Lipinski definition) is 2. The lowest BCUT2D eigenvalue weighted by molar-refractivity contribution is 0.798. The second kappa shape index (κ2) is 5.37. The maximum atomic E-state index is 6.35. The summed E-state index contributed by atoms with van der Waals surface area (Å²) in [5.74, 6) is 0. The van der Waals surface area contributed by atoms with Gasteiger partial charge in [-0.05, 0) is 25.2 Å². The van der Waals surface area contributed by atoms with E-state index < -0.39 is 0 Å². The molecule has 1 heterocycles. The highest BCUT2D eigenvalue weighted by molar-refractivity contribution is 7.80. The second-order valence-electron chi connectivity index (χ2n) is 3.70. The van der Waals surface area contributed by atoms with Crippen molar-refractivity contribution in [2.75, 3.05) is 0 Å². The Morgan fingerprint density at radius 1 is 1.56 bits per heavy atom. The number of hydrogen-bond acceptors (Lipinski definition) is 2. The lowest BCUT2D eigenvalue weighted by atomic mass is 10.2. The molecule has 2 rings (SSSR count). The quantitative estimate of drug-likeness (QED) is 0.516. The highest BCUT2D eigenvalue weighted by atomic mass is 35.5. The number of fused-ring (bicyclic) bond motifs is 1. The number of rotatable bonds is 3. The molecule has 94 valence electrons. The highest BCUT2D eigenvalue weighted by Gasteiger charge is 2.12. The van der Waals surface area contributed by atoms with Gasteiger partial charge in [-0.2, -0.15) is 5.10 Å². The number of para-hydroxylation sites is 1. The summed E-state index contributed by atoms with van der Waals surface area (Å²) >= 11 is 11.0. The minimum absolute atomic E-state index is 0.126. The fourth-order valence-electron chi connectivity index (χ4n) is 1.89. The van der Waals surface area contributed by atoms with Crippen LogP contribution in [-0.2, 0) is 6.54 Å². The number of aryl methyl sites for hydroxylation is 1. The molecule has 0 spiro atoms. The van der Waals surface area contributed by atoms with Crippen LogP contribution >= 0.6 is 23.8 Å². The summed E-state index contributed by atoms with van der Waals surface area (Å²) in [4.78, 5) is 0. The van der Waals surface area contributed by atoms with E-state index in [4.69, 9.17) is 17.3 Å². The number of nitrogens with two attached hydrogens (primary N) is 1. The molecule has 2 aromatic rings. The Balaban J connectivity index is 2.52. The molecule has 3 N–H and O–H groups in total. The summed E-state index contributed by atoms with van der Waals surface area (Å²) in [5, 5.41) is 5.80. The largest absolute Gasteiger partial charge is 0.375 e. The van der Waals surface area contributed by atoms with E-state index in [-0.39, 0.29) is 5.11 Å². The molecule has 18 heavy (non-hydrogen) atoms. The molecule has 1 aromatic heterocycles. The van der Waals surface area contributed by atoms with Gasteiger partial charge >= 0.3 is 0 Å². The minimum Gasteiger partial charge on any atom is -0.375 e. The zero-order valence-corrected chi connectivity index (χ0v) is 11.4. The predicted molar refractivity (Wildman–Crippen MR) is 80.1 cm³/mol. The van der Waals surface area contributed by atoms with E-state index in [2.05, 4.69) is 22.7 Å². The third-order valence-corrected chi connectivity index (χ3v) is 3.13.